The Bertz CT molecular complexity index is 313. The van der Waals surface area contributed by atoms with Gasteiger partial charge in [-0.3, -0.25) is 4.18 Å². The van der Waals surface area contributed by atoms with Gasteiger partial charge in [0.25, 0.3) is 0 Å². The van der Waals surface area contributed by atoms with Crippen LogP contribution in [-0.4, -0.2) is 32.4 Å². The largest absolute Gasteiger partial charge is 0.338 e. The van der Waals surface area contributed by atoms with Crippen LogP contribution in [0.15, 0.2) is 0 Å². The molecule has 16 heavy (non-hydrogen) atoms. The average molecular weight is 249 g/mol. The van der Waals surface area contributed by atoms with Gasteiger partial charge < -0.3 is 0 Å². The first-order valence-electron chi connectivity index (χ1n) is 6.00. The van der Waals surface area contributed by atoms with E-state index < -0.39 is 10.3 Å². The molecule has 0 radical (unpaired) electrons. The summed E-state index contributed by atoms with van der Waals surface area (Å²) in [5.41, 5.74) is 0. The first kappa shape index (κ1) is 13.9. The van der Waals surface area contributed by atoms with Crippen LogP contribution in [0.3, 0.4) is 0 Å². The van der Waals surface area contributed by atoms with Crippen molar-refractivity contribution in [1.29, 1.82) is 0 Å². The van der Waals surface area contributed by atoms with E-state index in [1.807, 2.05) is 0 Å². The van der Waals surface area contributed by atoms with Gasteiger partial charge >= 0.3 is 10.3 Å². The summed E-state index contributed by atoms with van der Waals surface area (Å²) in [5.74, 6) is 0.934. The molecule has 0 aromatic rings. The van der Waals surface area contributed by atoms with Gasteiger partial charge in [-0.25, -0.2) is 0 Å². The Morgan fingerprint density at radius 3 is 2.56 bits per heavy atom. The molecule has 2 unspecified atom stereocenters. The molecule has 0 aromatic heterocycles. The van der Waals surface area contributed by atoms with Crippen LogP contribution in [0, 0.1) is 11.8 Å². The highest BCUT2D eigenvalue weighted by atomic mass is 32.2. The molecule has 1 rings (SSSR count). The fraction of sp³-hybridized carbons (Fsp3) is 1.00. The molecule has 1 aliphatic rings. The Labute approximate surface area is 99.2 Å². The van der Waals surface area contributed by atoms with Crippen LogP contribution < -0.4 is 0 Å². The zero-order valence-electron chi connectivity index (χ0n) is 10.6. The predicted molar refractivity (Wildman–Crippen MR) is 64.3 cm³/mol. The third-order valence-electron chi connectivity index (χ3n) is 3.36. The number of hydrogen-bond acceptors (Lipinski definition) is 3. The first-order chi connectivity index (χ1) is 7.38. The summed E-state index contributed by atoms with van der Waals surface area (Å²) in [6.45, 7) is 6.75. The minimum Gasteiger partial charge on any atom is -0.258 e. The summed E-state index contributed by atoms with van der Waals surface area (Å²) >= 11 is 0. The van der Waals surface area contributed by atoms with Crippen molar-refractivity contribution in [3.8, 4) is 0 Å². The number of rotatable bonds is 4. The molecule has 96 valence electrons. The van der Waals surface area contributed by atoms with Gasteiger partial charge in [-0.05, 0) is 25.2 Å². The highest BCUT2D eigenvalue weighted by Gasteiger charge is 2.37. The average Bonchev–Trinajstić information content (AvgIpc) is 2.20. The molecule has 1 fully saturated rings. The minimum atomic E-state index is -3.47. The Morgan fingerprint density at radius 2 is 2.06 bits per heavy atom. The predicted octanol–water partition coefficient (Wildman–Crippen LogP) is 2.02. The fourth-order valence-corrected chi connectivity index (χ4v) is 3.26. The van der Waals surface area contributed by atoms with E-state index in [0.29, 0.717) is 18.4 Å². The Hall–Kier alpha value is -0.130. The lowest BCUT2D eigenvalue weighted by molar-refractivity contribution is 0.106. The summed E-state index contributed by atoms with van der Waals surface area (Å²) in [4.78, 5) is 0. The molecule has 1 saturated heterocycles. The molecule has 1 heterocycles. The molecule has 0 aromatic carbocycles. The Balaban J connectivity index is 2.73. The SMILES string of the molecule is CCC1COS(=O)(=O)N(C)C1CCC(C)C. The van der Waals surface area contributed by atoms with Crippen molar-refractivity contribution < 1.29 is 12.6 Å². The monoisotopic (exact) mass is 249 g/mol. The Morgan fingerprint density at radius 1 is 1.44 bits per heavy atom. The molecule has 4 nitrogen and oxygen atoms in total. The molecule has 0 bridgehead atoms. The van der Waals surface area contributed by atoms with E-state index in [4.69, 9.17) is 4.18 Å². The lowest BCUT2D eigenvalue weighted by atomic mass is 9.91. The maximum atomic E-state index is 11.6. The van der Waals surface area contributed by atoms with Crippen LogP contribution in [0.2, 0.25) is 0 Å². The van der Waals surface area contributed by atoms with Gasteiger partial charge in [0.15, 0.2) is 0 Å². The van der Waals surface area contributed by atoms with Gasteiger partial charge in [0.2, 0.25) is 0 Å². The van der Waals surface area contributed by atoms with Crippen molar-refractivity contribution in [2.75, 3.05) is 13.7 Å². The maximum Gasteiger partial charge on any atom is 0.338 e. The van der Waals surface area contributed by atoms with Crippen LogP contribution in [0.4, 0.5) is 0 Å². The third kappa shape index (κ3) is 3.18. The van der Waals surface area contributed by atoms with Crippen LogP contribution in [0.5, 0.6) is 0 Å². The number of hydrogen-bond donors (Lipinski definition) is 0. The molecule has 2 atom stereocenters. The Kier molecular flexibility index (Phi) is 4.76. The summed E-state index contributed by atoms with van der Waals surface area (Å²) in [6, 6.07) is 0.103. The normalized spacial score (nSPS) is 30.8. The van der Waals surface area contributed by atoms with Crippen molar-refractivity contribution in [2.45, 2.75) is 46.1 Å². The van der Waals surface area contributed by atoms with E-state index in [-0.39, 0.29) is 6.04 Å². The molecule has 0 spiro atoms. The van der Waals surface area contributed by atoms with Crippen LogP contribution >= 0.6 is 0 Å². The van der Waals surface area contributed by atoms with Crippen LogP contribution in [0.1, 0.15) is 40.0 Å². The van der Waals surface area contributed by atoms with E-state index in [9.17, 15) is 8.42 Å². The van der Waals surface area contributed by atoms with Gasteiger partial charge in [-0.1, -0.05) is 20.8 Å². The summed E-state index contributed by atoms with van der Waals surface area (Å²) < 4.78 is 29.5. The second kappa shape index (κ2) is 5.47. The lowest BCUT2D eigenvalue weighted by Crippen LogP contribution is -2.49. The third-order valence-corrected chi connectivity index (χ3v) is 4.77. The van der Waals surface area contributed by atoms with Gasteiger partial charge in [-0.2, -0.15) is 12.7 Å². The van der Waals surface area contributed by atoms with Gasteiger partial charge in [0.1, 0.15) is 0 Å². The quantitative estimate of drug-likeness (QED) is 0.766. The molecule has 0 N–H and O–H groups in total. The van der Waals surface area contributed by atoms with E-state index >= 15 is 0 Å². The zero-order valence-corrected chi connectivity index (χ0v) is 11.5. The maximum absolute atomic E-state index is 11.6. The van der Waals surface area contributed by atoms with E-state index in [0.717, 1.165) is 19.3 Å². The zero-order chi connectivity index (χ0) is 12.3. The molecular formula is C11H23NO3S. The second-order valence-corrected chi connectivity index (χ2v) is 6.63. The summed E-state index contributed by atoms with van der Waals surface area (Å²) in [7, 11) is -1.84. The fourth-order valence-electron chi connectivity index (χ4n) is 2.14. The van der Waals surface area contributed by atoms with E-state index in [2.05, 4.69) is 20.8 Å². The topological polar surface area (TPSA) is 46.6 Å². The molecule has 1 aliphatic heterocycles. The number of nitrogens with zero attached hydrogens (tertiary/aromatic N) is 1. The van der Waals surface area contributed by atoms with Crippen molar-refractivity contribution in [2.24, 2.45) is 11.8 Å². The van der Waals surface area contributed by atoms with Gasteiger partial charge in [0.05, 0.1) is 6.61 Å². The van der Waals surface area contributed by atoms with Crippen LogP contribution in [0.25, 0.3) is 0 Å². The van der Waals surface area contributed by atoms with Gasteiger partial charge in [0, 0.05) is 19.0 Å². The summed E-state index contributed by atoms with van der Waals surface area (Å²) in [5, 5.41) is 0. The van der Waals surface area contributed by atoms with Gasteiger partial charge in [-0.15, -0.1) is 0 Å². The highest BCUT2D eigenvalue weighted by Crippen LogP contribution is 2.28. The van der Waals surface area contributed by atoms with E-state index in [1.165, 1.54) is 4.31 Å². The molecule has 5 heteroatoms. The molecule has 0 aliphatic carbocycles. The van der Waals surface area contributed by atoms with Crippen molar-refractivity contribution in [1.82, 2.24) is 4.31 Å². The minimum absolute atomic E-state index is 0.103. The van der Waals surface area contributed by atoms with E-state index in [1.54, 1.807) is 7.05 Å². The van der Waals surface area contributed by atoms with Crippen LogP contribution in [-0.2, 0) is 14.5 Å². The summed E-state index contributed by atoms with van der Waals surface area (Å²) in [6.07, 6.45) is 2.94. The van der Waals surface area contributed by atoms with Crippen molar-refractivity contribution in [3.05, 3.63) is 0 Å². The first-order valence-corrected chi connectivity index (χ1v) is 7.37. The smallest absolute Gasteiger partial charge is 0.258 e. The lowest BCUT2D eigenvalue weighted by Gasteiger charge is -2.37. The molecule has 0 saturated carbocycles. The van der Waals surface area contributed by atoms with Crippen molar-refractivity contribution >= 4 is 10.3 Å². The standard InChI is InChI=1S/C11H23NO3S/c1-5-10-8-15-16(13,14)12(4)11(10)7-6-9(2)3/h9-11H,5-8H2,1-4H3. The highest BCUT2D eigenvalue weighted by molar-refractivity contribution is 7.84. The molecule has 0 amide bonds. The second-order valence-electron chi connectivity index (χ2n) is 4.97. The molecular weight excluding hydrogens is 226 g/mol. The van der Waals surface area contributed by atoms with Crippen molar-refractivity contribution in [3.63, 3.8) is 0 Å².